The highest BCUT2D eigenvalue weighted by Crippen LogP contribution is 2.45. The largest absolute Gasteiger partial charge is 0.465 e. The molecule has 1 saturated heterocycles. The highest BCUT2D eigenvalue weighted by molar-refractivity contribution is 5.75. The maximum absolute atomic E-state index is 11.4. The summed E-state index contributed by atoms with van der Waals surface area (Å²) in [5.41, 5.74) is 0. The molecule has 5 unspecified atom stereocenters. The number of fused-ring (bicyclic) bond motifs is 1. The predicted molar refractivity (Wildman–Crippen MR) is 50.0 cm³/mol. The minimum Gasteiger partial charge on any atom is -0.465 e. The lowest BCUT2D eigenvalue weighted by atomic mass is 9.65. The molecule has 74 valence electrons. The Morgan fingerprint density at radius 2 is 1.92 bits per heavy atom. The number of hydrogen-bond acceptors (Lipinski definition) is 2. The van der Waals surface area contributed by atoms with E-state index in [4.69, 9.17) is 4.74 Å². The van der Waals surface area contributed by atoms with Gasteiger partial charge in [-0.3, -0.25) is 4.79 Å². The van der Waals surface area contributed by atoms with Crippen molar-refractivity contribution in [2.45, 2.75) is 27.2 Å². The van der Waals surface area contributed by atoms with E-state index >= 15 is 0 Å². The van der Waals surface area contributed by atoms with E-state index in [0.29, 0.717) is 24.4 Å². The van der Waals surface area contributed by atoms with Crippen molar-refractivity contribution in [2.75, 3.05) is 6.61 Å². The van der Waals surface area contributed by atoms with E-state index in [0.717, 1.165) is 5.92 Å². The fourth-order valence-electron chi connectivity index (χ4n) is 3.06. The fourth-order valence-corrected chi connectivity index (χ4v) is 3.06. The molecule has 1 saturated carbocycles. The van der Waals surface area contributed by atoms with Gasteiger partial charge in [-0.1, -0.05) is 20.8 Å². The lowest BCUT2D eigenvalue weighted by Gasteiger charge is -2.37. The third kappa shape index (κ3) is 1.27. The van der Waals surface area contributed by atoms with Crippen LogP contribution in [0.3, 0.4) is 0 Å². The zero-order valence-corrected chi connectivity index (χ0v) is 8.62. The Labute approximate surface area is 79.7 Å². The summed E-state index contributed by atoms with van der Waals surface area (Å²) in [5.74, 6) is 2.65. The van der Waals surface area contributed by atoms with Gasteiger partial charge in [0, 0.05) is 5.92 Å². The van der Waals surface area contributed by atoms with E-state index in [1.54, 1.807) is 0 Å². The molecule has 2 aliphatic rings. The molecule has 13 heavy (non-hydrogen) atoms. The molecular formula is C11H18O2. The Bertz CT molecular complexity index is 224. The molecule has 2 nitrogen and oxygen atoms in total. The third-order valence-electron chi connectivity index (χ3n) is 4.08. The van der Waals surface area contributed by atoms with Crippen molar-refractivity contribution in [1.82, 2.24) is 0 Å². The molecule has 5 atom stereocenters. The summed E-state index contributed by atoms with van der Waals surface area (Å²) in [6, 6.07) is 0. The molecule has 1 aliphatic carbocycles. The molecule has 2 rings (SSSR count). The van der Waals surface area contributed by atoms with Gasteiger partial charge in [-0.25, -0.2) is 0 Å². The van der Waals surface area contributed by atoms with Crippen LogP contribution in [0.5, 0.6) is 0 Å². The lowest BCUT2D eigenvalue weighted by molar-refractivity contribution is -0.143. The number of carbonyl (C=O) groups is 1. The first-order chi connectivity index (χ1) is 6.11. The molecule has 0 aromatic carbocycles. The number of rotatable bonds is 0. The van der Waals surface area contributed by atoms with Gasteiger partial charge in [-0.2, -0.15) is 0 Å². The monoisotopic (exact) mass is 182 g/mol. The number of cyclic esters (lactones) is 1. The van der Waals surface area contributed by atoms with Crippen LogP contribution in [0.15, 0.2) is 0 Å². The summed E-state index contributed by atoms with van der Waals surface area (Å²) >= 11 is 0. The molecule has 0 radical (unpaired) electrons. The quantitative estimate of drug-likeness (QED) is 0.536. The summed E-state index contributed by atoms with van der Waals surface area (Å²) in [7, 11) is 0. The maximum Gasteiger partial charge on any atom is 0.309 e. The van der Waals surface area contributed by atoms with Crippen molar-refractivity contribution in [3.63, 3.8) is 0 Å². The molecule has 0 spiro atoms. The second-order valence-electron chi connectivity index (χ2n) is 4.87. The van der Waals surface area contributed by atoms with Gasteiger partial charge in [0.05, 0.1) is 12.5 Å². The summed E-state index contributed by atoms with van der Waals surface area (Å²) in [4.78, 5) is 11.4. The second-order valence-corrected chi connectivity index (χ2v) is 4.87. The van der Waals surface area contributed by atoms with Gasteiger partial charge < -0.3 is 4.74 Å². The summed E-state index contributed by atoms with van der Waals surface area (Å²) in [5, 5.41) is 0. The molecule has 2 heteroatoms. The second kappa shape index (κ2) is 3.00. The molecule has 1 heterocycles. The van der Waals surface area contributed by atoms with Gasteiger partial charge >= 0.3 is 5.97 Å². The molecule has 0 bridgehead atoms. The minimum absolute atomic E-state index is 0.0521. The van der Waals surface area contributed by atoms with E-state index in [9.17, 15) is 4.79 Å². The van der Waals surface area contributed by atoms with Crippen LogP contribution in [0.1, 0.15) is 27.2 Å². The van der Waals surface area contributed by atoms with Crippen molar-refractivity contribution in [3.05, 3.63) is 0 Å². The highest BCUT2D eigenvalue weighted by Gasteiger charge is 2.47. The molecular weight excluding hydrogens is 164 g/mol. The molecule has 0 aromatic rings. The van der Waals surface area contributed by atoms with E-state index in [2.05, 4.69) is 20.8 Å². The molecule has 0 amide bonds. The first-order valence-electron chi connectivity index (χ1n) is 5.28. The number of ether oxygens (including phenoxy) is 1. The molecule has 1 aliphatic heterocycles. The van der Waals surface area contributed by atoms with Gasteiger partial charge in [-0.15, -0.1) is 0 Å². The van der Waals surface area contributed by atoms with Crippen molar-refractivity contribution < 1.29 is 9.53 Å². The van der Waals surface area contributed by atoms with Gasteiger partial charge in [0.15, 0.2) is 0 Å². The molecule has 0 N–H and O–H groups in total. The van der Waals surface area contributed by atoms with Gasteiger partial charge in [0.1, 0.15) is 0 Å². The van der Waals surface area contributed by atoms with Gasteiger partial charge in [0.25, 0.3) is 0 Å². The zero-order chi connectivity index (χ0) is 9.59. The van der Waals surface area contributed by atoms with E-state index in [-0.39, 0.29) is 11.9 Å². The Hall–Kier alpha value is -0.530. The Morgan fingerprint density at radius 3 is 2.62 bits per heavy atom. The van der Waals surface area contributed by atoms with Crippen LogP contribution in [0, 0.1) is 29.6 Å². The first-order valence-corrected chi connectivity index (χ1v) is 5.28. The van der Waals surface area contributed by atoms with Crippen LogP contribution < -0.4 is 0 Å². The van der Waals surface area contributed by atoms with Crippen molar-refractivity contribution >= 4 is 5.97 Å². The fraction of sp³-hybridized carbons (Fsp3) is 0.909. The first kappa shape index (κ1) is 9.04. The SMILES string of the molecule is CC1CC(C)C2C(=O)OCC2C1C. The smallest absolute Gasteiger partial charge is 0.309 e. The average molecular weight is 182 g/mol. The van der Waals surface area contributed by atoms with Crippen LogP contribution in [0.2, 0.25) is 0 Å². The van der Waals surface area contributed by atoms with Gasteiger partial charge in [0.2, 0.25) is 0 Å². The van der Waals surface area contributed by atoms with E-state index in [1.165, 1.54) is 6.42 Å². The zero-order valence-electron chi connectivity index (χ0n) is 8.62. The predicted octanol–water partition coefficient (Wildman–Crippen LogP) is 2.09. The number of carbonyl (C=O) groups excluding carboxylic acids is 1. The van der Waals surface area contributed by atoms with Crippen LogP contribution in [-0.4, -0.2) is 12.6 Å². The Morgan fingerprint density at radius 1 is 1.23 bits per heavy atom. The van der Waals surface area contributed by atoms with Crippen molar-refractivity contribution in [1.29, 1.82) is 0 Å². The standard InChI is InChI=1S/C11H18O2/c1-6-4-7(2)10-9(8(6)3)5-13-11(10)12/h6-10H,4-5H2,1-3H3. The van der Waals surface area contributed by atoms with Crippen LogP contribution in [-0.2, 0) is 9.53 Å². The maximum atomic E-state index is 11.4. The average Bonchev–Trinajstić information content (AvgIpc) is 2.44. The van der Waals surface area contributed by atoms with Crippen LogP contribution in [0.4, 0.5) is 0 Å². The van der Waals surface area contributed by atoms with Crippen molar-refractivity contribution in [2.24, 2.45) is 29.6 Å². The minimum atomic E-state index is 0.0521. The van der Waals surface area contributed by atoms with E-state index < -0.39 is 0 Å². The summed E-state index contributed by atoms with van der Waals surface area (Å²) < 4.78 is 5.15. The van der Waals surface area contributed by atoms with Gasteiger partial charge in [-0.05, 0) is 24.2 Å². The molecule has 0 aromatic heterocycles. The van der Waals surface area contributed by atoms with E-state index in [1.807, 2.05) is 0 Å². The number of esters is 1. The normalized spacial score (nSPS) is 50.1. The van der Waals surface area contributed by atoms with Crippen LogP contribution >= 0.6 is 0 Å². The summed E-state index contributed by atoms with van der Waals surface area (Å²) in [6.07, 6.45) is 1.18. The van der Waals surface area contributed by atoms with Crippen LogP contribution in [0.25, 0.3) is 0 Å². The Balaban J connectivity index is 2.21. The highest BCUT2D eigenvalue weighted by atomic mass is 16.5. The topological polar surface area (TPSA) is 26.3 Å². The lowest BCUT2D eigenvalue weighted by Crippen LogP contribution is -2.37. The van der Waals surface area contributed by atoms with Crippen molar-refractivity contribution in [3.8, 4) is 0 Å². The number of hydrogen-bond donors (Lipinski definition) is 0. The molecule has 2 fully saturated rings. The Kier molecular flexibility index (Phi) is 2.09. The summed E-state index contributed by atoms with van der Waals surface area (Å²) in [6.45, 7) is 7.41. The third-order valence-corrected chi connectivity index (χ3v) is 4.08.